The van der Waals surface area contributed by atoms with E-state index in [1.165, 1.54) is 11.3 Å². The van der Waals surface area contributed by atoms with Gasteiger partial charge in [-0.1, -0.05) is 13.8 Å². The second-order valence-corrected chi connectivity index (χ2v) is 5.42. The molecule has 3 N–H and O–H groups in total. The van der Waals surface area contributed by atoms with Gasteiger partial charge in [-0.2, -0.15) is 0 Å². The van der Waals surface area contributed by atoms with E-state index in [1.54, 1.807) is 0 Å². The van der Waals surface area contributed by atoms with Crippen LogP contribution in [0.25, 0.3) is 0 Å². The maximum atomic E-state index is 11.4. The molecule has 1 heterocycles. The molecule has 1 atom stereocenters. The number of hydrogen-bond donors (Lipinski definition) is 2. The van der Waals surface area contributed by atoms with Crippen LogP contribution in [0.3, 0.4) is 0 Å². The predicted octanol–water partition coefficient (Wildman–Crippen LogP) is 2.30. The highest BCUT2D eigenvalue weighted by atomic mass is 32.1. The predicted molar refractivity (Wildman–Crippen MR) is 69.7 cm³/mol. The highest BCUT2D eigenvalue weighted by molar-refractivity contribution is 7.12. The summed E-state index contributed by atoms with van der Waals surface area (Å²) in [4.78, 5) is 12.1. The van der Waals surface area contributed by atoms with Crippen molar-refractivity contribution in [2.75, 3.05) is 0 Å². The molecule has 0 aliphatic rings. The van der Waals surface area contributed by atoms with Gasteiger partial charge in [0.05, 0.1) is 17.6 Å². The lowest BCUT2D eigenvalue weighted by molar-refractivity contribution is 0.0394. The summed E-state index contributed by atoms with van der Waals surface area (Å²) in [5.74, 6) is 5.48. The van der Waals surface area contributed by atoms with Crippen LogP contribution in [0.5, 0.6) is 0 Å². The van der Waals surface area contributed by atoms with Gasteiger partial charge in [0.15, 0.2) is 0 Å². The zero-order valence-corrected chi connectivity index (χ0v) is 11.3. The Hall–Kier alpha value is -0.910. The van der Waals surface area contributed by atoms with Gasteiger partial charge < -0.3 is 4.74 Å². The van der Waals surface area contributed by atoms with Gasteiger partial charge >= 0.3 is 0 Å². The average molecular weight is 256 g/mol. The summed E-state index contributed by atoms with van der Waals surface area (Å²) < 4.78 is 5.72. The van der Waals surface area contributed by atoms with Crippen LogP contribution in [-0.4, -0.2) is 12.0 Å². The number of hydrogen-bond acceptors (Lipinski definition) is 4. The molecule has 0 aliphatic heterocycles. The quantitative estimate of drug-likeness (QED) is 0.466. The third kappa shape index (κ3) is 4.46. The fraction of sp³-hybridized carbons (Fsp3) is 0.583. The maximum absolute atomic E-state index is 11.4. The molecule has 0 aliphatic carbocycles. The third-order valence-corrected chi connectivity index (χ3v) is 3.37. The summed E-state index contributed by atoms with van der Waals surface area (Å²) in [6.07, 6.45) is 1.21. The van der Waals surface area contributed by atoms with Gasteiger partial charge in [0.1, 0.15) is 0 Å². The smallest absolute Gasteiger partial charge is 0.275 e. The van der Waals surface area contributed by atoms with Gasteiger partial charge in [0.25, 0.3) is 5.91 Å². The molecule has 1 unspecified atom stereocenters. The molecule has 1 rings (SSSR count). The Morgan fingerprint density at radius 1 is 1.53 bits per heavy atom. The number of carbonyl (C=O) groups excluding carboxylic acids is 1. The number of nitrogens with one attached hydrogen (secondary N) is 1. The first-order valence-electron chi connectivity index (χ1n) is 5.73. The largest absolute Gasteiger partial charge is 0.374 e. The summed E-state index contributed by atoms with van der Waals surface area (Å²) in [5, 5.41) is 1.87. The van der Waals surface area contributed by atoms with E-state index < -0.39 is 0 Å². The summed E-state index contributed by atoms with van der Waals surface area (Å²) in [6, 6.07) is 1.90. The number of carbonyl (C=O) groups is 1. The molecule has 1 aromatic heterocycles. The molecule has 0 spiro atoms. The van der Waals surface area contributed by atoms with Gasteiger partial charge in [-0.25, -0.2) is 5.84 Å². The van der Waals surface area contributed by atoms with E-state index in [1.807, 2.05) is 11.4 Å². The van der Waals surface area contributed by atoms with Crippen LogP contribution < -0.4 is 11.3 Å². The van der Waals surface area contributed by atoms with E-state index in [-0.39, 0.29) is 12.0 Å². The number of amides is 1. The lowest BCUT2D eigenvalue weighted by Gasteiger charge is -2.15. The topological polar surface area (TPSA) is 64.3 Å². The molecule has 5 heteroatoms. The van der Waals surface area contributed by atoms with Crippen molar-refractivity contribution in [3.8, 4) is 0 Å². The summed E-state index contributed by atoms with van der Waals surface area (Å²) in [5.41, 5.74) is 3.04. The van der Waals surface area contributed by atoms with Crippen molar-refractivity contribution in [3.63, 3.8) is 0 Å². The first-order valence-corrected chi connectivity index (χ1v) is 6.61. The maximum Gasteiger partial charge on any atom is 0.275 e. The third-order valence-electron chi connectivity index (χ3n) is 2.41. The molecule has 0 aromatic carbocycles. The second kappa shape index (κ2) is 6.74. The van der Waals surface area contributed by atoms with E-state index in [4.69, 9.17) is 10.6 Å². The standard InChI is InChI=1S/C12H20N2O2S/c1-8(2)6-9(3)16-7-10-4-5-17-11(10)12(15)14-13/h4-5,8-9H,6-7,13H2,1-3H3,(H,14,15). The second-order valence-electron chi connectivity index (χ2n) is 4.50. The molecular formula is C12H20N2O2S. The van der Waals surface area contributed by atoms with Gasteiger partial charge in [-0.05, 0) is 30.7 Å². The monoisotopic (exact) mass is 256 g/mol. The zero-order valence-electron chi connectivity index (χ0n) is 10.5. The van der Waals surface area contributed by atoms with E-state index in [0.717, 1.165) is 12.0 Å². The summed E-state index contributed by atoms with van der Waals surface area (Å²) >= 11 is 1.38. The number of nitrogens with two attached hydrogens (primary N) is 1. The number of rotatable bonds is 6. The molecule has 0 bridgehead atoms. The molecular weight excluding hydrogens is 236 g/mol. The van der Waals surface area contributed by atoms with Crippen molar-refractivity contribution in [3.05, 3.63) is 21.9 Å². The Morgan fingerprint density at radius 3 is 2.82 bits per heavy atom. The highest BCUT2D eigenvalue weighted by Gasteiger charge is 2.13. The SMILES string of the molecule is CC(C)CC(C)OCc1ccsc1C(=O)NN. The average Bonchev–Trinajstić information content (AvgIpc) is 2.72. The molecule has 0 saturated carbocycles. The van der Waals surface area contributed by atoms with Crippen molar-refractivity contribution >= 4 is 17.2 Å². The number of hydrazine groups is 1. The van der Waals surface area contributed by atoms with Crippen molar-refractivity contribution < 1.29 is 9.53 Å². The van der Waals surface area contributed by atoms with Gasteiger partial charge in [-0.3, -0.25) is 10.2 Å². The van der Waals surface area contributed by atoms with Crippen molar-refractivity contribution in [1.82, 2.24) is 5.43 Å². The van der Waals surface area contributed by atoms with E-state index in [0.29, 0.717) is 17.4 Å². The van der Waals surface area contributed by atoms with Crippen LogP contribution in [0, 0.1) is 5.92 Å². The minimum Gasteiger partial charge on any atom is -0.374 e. The van der Waals surface area contributed by atoms with Crippen molar-refractivity contribution in [2.24, 2.45) is 11.8 Å². The Bertz CT molecular complexity index is 363. The van der Waals surface area contributed by atoms with Gasteiger partial charge in [0.2, 0.25) is 0 Å². The minimum absolute atomic E-state index is 0.198. The lowest BCUT2D eigenvalue weighted by atomic mass is 10.1. The molecule has 0 fully saturated rings. The Kier molecular flexibility index (Phi) is 5.61. The lowest BCUT2D eigenvalue weighted by Crippen LogP contribution is -2.30. The van der Waals surface area contributed by atoms with Crippen LogP contribution in [0.15, 0.2) is 11.4 Å². The van der Waals surface area contributed by atoms with E-state index in [9.17, 15) is 4.79 Å². The molecule has 4 nitrogen and oxygen atoms in total. The fourth-order valence-corrected chi connectivity index (χ4v) is 2.49. The van der Waals surface area contributed by atoms with Crippen LogP contribution in [0.4, 0.5) is 0 Å². The zero-order chi connectivity index (χ0) is 12.8. The minimum atomic E-state index is -0.255. The molecule has 0 saturated heterocycles. The molecule has 17 heavy (non-hydrogen) atoms. The van der Waals surface area contributed by atoms with Crippen molar-refractivity contribution in [1.29, 1.82) is 0 Å². The first-order chi connectivity index (χ1) is 8.04. The van der Waals surface area contributed by atoms with Crippen LogP contribution in [0.2, 0.25) is 0 Å². The van der Waals surface area contributed by atoms with Crippen LogP contribution >= 0.6 is 11.3 Å². The fourth-order valence-electron chi connectivity index (χ4n) is 1.68. The van der Waals surface area contributed by atoms with Crippen molar-refractivity contribution in [2.45, 2.75) is 39.9 Å². The molecule has 1 aromatic rings. The first kappa shape index (κ1) is 14.2. The van der Waals surface area contributed by atoms with Crippen LogP contribution in [-0.2, 0) is 11.3 Å². The van der Waals surface area contributed by atoms with Crippen LogP contribution in [0.1, 0.15) is 42.4 Å². The Morgan fingerprint density at radius 2 is 2.24 bits per heavy atom. The molecule has 1 amide bonds. The Labute approximate surface area is 106 Å². The van der Waals surface area contributed by atoms with Gasteiger partial charge in [-0.15, -0.1) is 11.3 Å². The Balaban J connectivity index is 2.52. The number of thiophene rings is 1. The number of ether oxygens (including phenoxy) is 1. The van der Waals surface area contributed by atoms with E-state index in [2.05, 4.69) is 26.2 Å². The summed E-state index contributed by atoms with van der Waals surface area (Å²) in [7, 11) is 0. The van der Waals surface area contributed by atoms with Gasteiger partial charge in [0, 0.05) is 5.56 Å². The molecule has 96 valence electrons. The highest BCUT2D eigenvalue weighted by Crippen LogP contribution is 2.19. The number of nitrogen functional groups attached to an aromatic ring is 1. The normalized spacial score (nSPS) is 12.8. The molecule has 0 radical (unpaired) electrons. The summed E-state index contributed by atoms with van der Waals surface area (Å²) in [6.45, 7) is 6.84. The van der Waals surface area contributed by atoms with E-state index >= 15 is 0 Å².